The molecule has 1 fully saturated rings. The van der Waals surface area contributed by atoms with E-state index in [1.807, 2.05) is 13.8 Å². The third-order valence-electron chi connectivity index (χ3n) is 2.07. The number of aliphatic hydroxyl groups is 1. The lowest BCUT2D eigenvalue weighted by atomic mass is 9.90. The molecule has 0 aromatic rings. The van der Waals surface area contributed by atoms with Crippen molar-refractivity contribution in [2.75, 3.05) is 13.1 Å². The number of hydrogen-bond donors (Lipinski definition) is 1. The fourth-order valence-corrected chi connectivity index (χ4v) is 1.24. The van der Waals surface area contributed by atoms with Crippen LogP contribution in [0.3, 0.4) is 0 Å². The van der Waals surface area contributed by atoms with Crippen molar-refractivity contribution in [2.24, 2.45) is 5.41 Å². The second-order valence-corrected chi connectivity index (χ2v) is 3.54. The molecular weight excluding hydrogens is 130 g/mol. The van der Waals surface area contributed by atoms with E-state index in [9.17, 15) is 9.90 Å². The monoisotopic (exact) mass is 143 g/mol. The van der Waals surface area contributed by atoms with Gasteiger partial charge in [0.25, 0.3) is 0 Å². The van der Waals surface area contributed by atoms with Crippen molar-refractivity contribution in [3.8, 4) is 0 Å². The molecule has 3 heteroatoms. The van der Waals surface area contributed by atoms with Gasteiger partial charge in [-0.3, -0.25) is 4.79 Å². The average Bonchev–Trinajstić information content (AvgIpc) is 2.08. The zero-order valence-corrected chi connectivity index (χ0v) is 6.37. The summed E-state index contributed by atoms with van der Waals surface area (Å²) >= 11 is 0. The van der Waals surface area contributed by atoms with Crippen LogP contribution in [0, 0.1) is 5.41 Å². The minimum Gasteiger partial charge on any atom is -0.391 e. The van der Waals surface area contributed by atoms with Crippen molar-refractivity contribution < 1.29 is 9.90 Å². The number of hydrogen-bond acceptors (Lipinski definition) is 2. The van der Waals surface area contributed by atoms with Gasteiger partial charge in [0.05, 0.1) is 6.10 Å². The lowest BCUT2D eigenvalue weighted by molar-refractivity contribution is -0.117. The zero-order valence-electron chi connectivity index (χ0n) is 6.37. The Morgan fingerprint density at radius 3 is 2.50 bits per heavy atom. The Morgan fingerprint density at radius 1 is 1.70 bits per heavy atom. The molecule has 1 rings (SSSR count). The maximum absolute atomic E-state index is 10.3. The molecule has 1 atom stereocenters. The van der Waals surface area contributed by atoms with Crippen molar-refractivity contribution in [2.45, 2.75) is 20.0 Å². The maximum atomic E-state index is 10.3. The van der Waals surface area contributed by atoms with Crippen LogP contribution in [0.5, 0.6) is 0 Å². The first-order valence-corrected chi connectivity index (χ1v) is 3.44. The molecule has 1 aliphatic heterocycles. The summed E-state index contributed by atoms with van der Waals surface area (Å²) in [5.41, 5.74) is -0.124. The molecule has 1 saturated heterocycles. The van der Waals surface area contributed by atoms with E-state index in [4.69, 9.17) is 0 Å². The number of nitrogens with zero attached hydrogens (tertiary/aromatic N) is 1. The first kappa shape index (κ1) is 7.54. The van der Waals surface area contributed by atoms with Crippen LogP contribution in [0.2, 0.25) is 0 Å². The predicted octanol–water partition coefficient (Wildman–Crippen LogP) is -0.155. The topological polar surface area (TPSA) is 40.5 Å². The molecule has 0 unspecified atom stereocenters. The number of amides is 1. The van der Waals surface area contributed by atoms with Crippen LogP contribution in [0.1, 0.15) is 13.8 Å². The summed E-state index contributed by atoms with van der Waals surface area (Å²) in [6, 6.07) is 0. The van der Waals surface area contributed by atoms with Gasteiger partial charge in [-0.25, -0.2) is 0 Å². The summed E-state index contributed by atoms with van der Waals surface area (Å²) in [4.78, 5) is 11.9. The van der Waals surface area contributed by atoms with Crippen LogP contribution in [-0.4, -0.2) is 35.6 Å². The molecule has 10 heavy (non-hydrogen) atoms. The van der Waals surface area contributed by atoms with Crippen molar-refractivity contribution >= 4 is 6.41 Å². The van der Waals surface area contributed by atoms with Crippen LogP contribution in [0.25, 0.3) is 0 Å². The number of aliphatic hydroxyl groups excluding tert-OH is 1. The standard InChI is InChI=1S/C7H13NO2/c1-7(2)4-8(5-9)3-6(7)10/h5-6,10H,3-4H2,1-2H3/t6-/m1/s1. The predicted molar refractivity (Wildman–Crippen MR) is 37.4 cm³/mol. The Morgan fingerprint density at radius 2 is 2.30 bits per heavy atom. The van der Waals surface area contributed by atoms with Gasteiger partial charge in [0, 0.05) is 18.5 Å². The summed E-state index contributed by atoms with van der Waals surface area (Å²) in [7, 11) is 0. The molecule has 0 saturated carbocycles. The highest BCUT2D eigenvalue weighted by molar-refractivity contribution is 5.48. The molecule has 1 aliphatic rings. The minimum atomic E-state index is -0.363. The third kappa shape index (κ3) is 1.14. The molecule has 0 aromatic heterocycles. The summed E-state index contributed by atoms with van der Waals surface area (Å²) < 4.78 is 0. The van der Waals surface area contributed by atoms with Gasteiger partial charge in [-0.05, 0) is 0 Å². The number of carbonyl (C=O) groups excluding carboxylic acids is 1. The van der Waals surface area contributed by atoms with E-state index in [1.165, 1.54) is 0 Å². The highest BCUT2D eigenvalue weighted by Crippen LogP contribution is 2.28. The van der Waals surface area contributed by atoms with Gasteiger partial charge in [-0.1, -0.05) is 13.8 Å². The second kappa shape index (κ2) is 2.23. The van der Waals surface area contributed by atoms with Crippen LogP contribution < -0.4 is 0 Å². The molecule has 1 N–H and O–H groups in total. The van der Waals surface area contributed by atoms with Crippen LogP contribution in [0.4, 0.5) is 0 Å². The van der Waals surface area contributed by atoms with E-state index < -0.39 is 0 Å². The Kier molecular flexibility index (Phi) is 1.68. The molecule has 0 radical (unpaired) electrons. The molecule has 3 nitrogen and oxygen atoms in total. The van der Waals surface area contributed by atoms with Gasteiger partial charge >= 0.3 is 0 Å². The Hall–Kier alpha value is -0.570. The number of carbonyl (C=O) groups is 1. The van der Waals surface area contributed by atoms with E-state index in [1.54, 1.807) is 4.90 Å². The first-order chi connectivity index (χ1) is 4.56. The molecule has 1 amide bonds. The van der Waals surface area contributed by atoms with Crippen molar-refractivity contribution in [3.63, 3.8) is 0 Å². The fraction of sp³-hybridized carbons (Fsp3) is 0.857. The largest absolute Gasteiger partial charge is 0.391 e. The zero-order chi connectivity index (χ0) is 7.78. The van der Waals surface area contributed by atoms with Gasteiger partial charge in [0.2, 0.25) is 6.41 Å². The highest BCUT2D eigenvalue weighted by Gasteiger charge is 2.37. The molecular formula is C7H13NO2. The highest BCUT2D eigenvalue weighted by atomic mass is 16.3. The van der Waals surface area contributed by atoms with Gasteiger partial charge in [0.1, 0.15) is 0 Å². The van der Waals surface area contributed by atoms with E-state index >= 15 is 0 Å². The summed E-state index contributed by atoms with van der Waals surface area (Å²) in [5, 5.41) is 9.36. The summed E-state index contributed by atoms with van der Waals surface area (Å²) in [6.45, 7) is 5.07. The lowest BCUT2D eigenvalue weighted by Gasteiger charge is -2.19. The van der Waals surface area contributed by atoms with Gasteiger partial charge < -0.3 is 10.0 Å². The summed E-state index contributed by atoms with van der Waals surface area (Å²) in [5.74, 6) is 0. The van der Waals surface area contributed by atoms with Gasteiger partial charge in [-0.15, -0.1) is 0 Å². The maximum Gasteiger partial charge on any atom is 0.209 e. The molecule has 0 aromatic carbocycles. The summed E-state index contributed by atoms with van der Waals surface area (Å²) in [6.07, 6.45) is 0.426. The van der Waals surface area contributed by atoms with E-state index in [-0.39, 0.29) is 11.5 Å². The third-order valence-corrected chi connectivity index (χ3v) is 2.07. The average molecular weight is 143 g/mol. The second-order valence-electron chi connectivity index (χ2n) is 3.54. The first-order valence-electron chi connectivity index (χ1n) is 3.44. The lowest BCUT2D eigenvalue weighted by Crippen LogP contribution is -2.26. The fourth-order valence-electron chi connectivity index (χ4n) is 1.24. The number of likely N-dealkylation sites (tertiary alicyclic amines) is 1. The van der Waals surface area contributed by atoms with Gasteiger partial charge in [0.15, 0.2) is 0 Å². The van der Waals surface area contributed by atoms with E-state index in [2.05, 4.69) is 0 Å². The van der Waals surface area contributed by atoms with Crippen LogP contribution >= 0.6 is 0 Å². The molecule has 0 aliphatic carbocycles. The van der Waals surface area contributed by atoms with Crippen LogP contribution in [0.15, 0.2) is 0 Å². The van der Waals surface area contributed by atoms with Crippen molar-refractivity contribution in [3.05, 3.63) is 0 Å². The van der Waals surface area contributed by atoms with Crippen molar-refractivity contribution in [1.29, 1.82) is 0 Å². The van der Waals surface area contributed by atoms with E-state index in [0.717, 1.165) is 6.41 Å². The Labute approximate surface area is 60.6 Å². The smallest absolute Gasteiger partial charge is 0.209 e. The van der Waals surface area contributed by atoms with Gasteiger partial charge in [-0.2, -0.15) is 0 Å². The minimum absolute atomic E-state index is 0.124. The molecule has 0 spiro atoms. The quantitative estimate of drug-likeness (QED) is 0.518. The normalized spacial score (nSPS) is 30.7. The molecule has 0 bridgehead atoms. The van der Waals surface area contributed by atoms with Crippen molar-refractivity contribution in [1.82, 2.24) is 4.90 Å². The molecule has 1 heterocycles. The number of rotatable bonds is 1. The van der Waals surface area contributed by atoms with Crippen LogP contribution in [-0.2, 0) is 4.79 Å². The van der Waals surface area contributed by atoms with E-state index in [0.29, 0.717) is 13.1 Å². The Balaban J connectivity index is 2.61. The SMILES string of the molecule is CC1(C)CN(C=O)C[C@H]1O. The number of β-amino-alcohol motifs (C(OH)–C–C–N with tert-alkyl or cyclic N) is 1. The Bertz CT molecular complexity index is 145. The molecule has 58 valence electrons.